The maximum atomic E-state index is 14.3. The van der Waals surface area contributed by atoms with E-state index in [-0.39, 0.29) is 29.6 Å². The van der Waals surface area contributed by atoms with Gasteiger partial charge in [-0.1, -0.05) is 48.5 Å². The molecule has 41 heavy (non-hydrogen) atoms. The molecule has 0 aromatic heterocycles. The van der Waals surface area contributed by atoms with Crippen molar-refractivity contribution >= 4 is 29.1 Å². The van der Waals surface area contributed by atoms with Gasteiger partial charge in [-0.2, -0.15) is 0 Å². The third-order valence-electron chi connectivity index (χ3n) is 9.06. The second-order valence-electron chi connectivity index (χ2n) is 11.0. The van der Waals surface area contributed by atoms with Gasteiger partial charge < -0.3 is 14.8 Å². The van der Waals surface area contributed by atoms with Crippen LogP contribution in [0.2, 0.25) is 0 Å². The average molecular weight is 545 g/mol. The summed E-state index contributed by atoms with van der Waals surface area (Å²) in [7, 11) is 3.07. The minimum absolute atomic E-state index is 0.193. The minimum atomic E-state index is -0.913. The summed E-state index contributed by atoms with van der Waals surface area (Å²) < 4.78 is 10.6. The molecule has 8 rings (SSSR count). The average Bonchev–Trinajstić information content (AvgIpc) is 3.21. The maximum Gasteiger partial charge on any atom is 0.255 e. The first kappa shape index (κ1) is 25.1. The van der Waals surface area contributed by atoms with Crippen molar-refractivity contribution in [2.45, 2.75) is 18.8 Å². The fourth-order valence-electron chi connectivity index (χ4n) is 7.23. The lowest BCUT2D eigenvalue weighted by Gasteiger charge is -2.51. The van der Waals surface area contributed by atoms with Crippen molar-refractivity contribution in [1.82, 2.24) is 0 Å². The number of rotatable bonds is 5. The minimum Gasteiger partial charge on any atom is -0.497 e. The van der Waals surface area contributed by atoms with Gasteiger partial charge in [0, 0.05) is 23.5 Å². The lowest BCUT2D eigenvalue weighted by Crippen LogP contribution is -2.49. The number of anilines is 2. The Bertz CT molecular complexity index is 1700. The normalized spacial score (nSPS) is 23.5. The van der Waals surface area contributed by atoms with Crippen LogP contribution in [0.5, 0.6) is 11.5 Å². The summed E-state index contributed by atoms with van der Waals surface area (Å²) in [6.45, 7) is 1.95. The Balaban J connectivity index is 1.22. The van der Waals surface area contributed by atoms with Gasteiger partial charge in [0.05, 0.1) is 36.9 Å². The first-order valence-electron chi connectivity index (χ1n) is 13.6. The van der Waals surface area contributed by atoms with Crippen molar-refractivity contribution in [3.05, 3.63) is 119 Å². The molecule has 1 N–H and O–H groups in total. The molecule has 204 valence electrons. The Morgan fingerprint density at radius 1 is 0.805 bits per heavy atom. The number of nitrogens with zero attached hydrogens (tertiary/aromatic N) is 1. The highest BCUT2D eigenvalue weighted by Crippen LogP contribution is 2.67. The number of benzene rings is 4. The molecule has 1 heterocycles. The standard InChI is InChI=1S/C34H28N2O5/c1-34-29-24-10-6-4-8-22(24)28(23-9-5-7-11-25(23)29)30(34)32(38)36(33(34)39)20-14-12-19(13-15-20)31(37)35-26-18-21(40-2)16-17-27(26)41-3/h4-18,28-30H,1-3H3,(H,35,37)/t28?,29?,30-,34-/m0/s1. The van der Waals surface area contributed by atoms with E-state index < -0.39 is 11.3 Å². The van der Waals surface area contributed by atoms with Crippen LogP contribution in [0.1, 0.15) is 51.4 Å². The molecule has 7 nitrogen and oxygen atoms in total. The molecule has 0 saturated carbocycles. The zero-order valence-electron chi connectivity index (χ0n) is 22.9. The van der Waals surface area contributed by atoms with Crippen LogP contribution < -0.4 is 19.7 Å². The molecule has 3 aliphatic carbocycles. The number of methoxy groups -OCH3 is 2. The van der Waals surface area contributed by atoms with Crippen LogP contribution in [0, 0.1) is 11.3 Å². The molecule has 2 bridgehead atoms. The van der Waals surface area contributed by atoms with Crippen LogP contribution in [-0.4, -0.2) is 31.9 Å². The number of ether oxygens (including phenoxy) is 2. The quantitative estimate of drug-likeness (QED) is 0.324. The van der Waals surface area contributed by atoms with Crippen molar-refractivity contribution in [3.8, 4) is 11.5 Å². The molecule has 4 aliphatic rings. The second-order valence-corrected chi connectivity index (χ2v) is 11.0. The van der Waals surface area contributed by atoms with E-state index in [0.717, 1.165) is 22.3 Å². The lowest BCUT2D eigenvalue weighted by atomic mass is 9.48. The third kappa shape index (κ3) is 3.41. The van der Waals surface area contributed by atoms with E-state index in [1.165, 1.54) is 12.0 Å². The summed E-state index contributed by atoms with van der Waals surface area (Å²) in [6.07, 6.45) is 0. The summed E-state index contributed by atoms with van der Waals surface area (Å²) >= 11 is 0. The molecule has 4 aromatic carbocycles. The zero-order valence-corrected chi connectivity index (χ0v) is 22.9. The highest BCUT2D eigenvalue weighted by Gasteiger charge is 2.68. The molecule has 4 aromatic rings. The molecular formula is C34H28N2O5. The van der Waals surface area contributed by atoms with Gasteiger partial charge in [0.25, 0.3) is 5.91 Å². The predicted molar refractivity (Wildman–Crippen MR) is 155 cm³/mol. The highest BCUT2D eigenvalue weighted by atomic mass is 16.5. The van der Waals surface area contributed by atoms with Gasteiger partial charge >= 0.3 is 0 Å². The Morgan fingerprint density at radius 3 is 2.00 bits per heavy atom. The summed E-state index contributed by atoms with van der Waals surface area (Å²) in [5.41, 5.74) is 4.89. The number of imide groups is 1. The van der Waals surface area contributed by atoms with E-state index in [9.17, 15) is 14.4 Å². The topological polar surface area (TPSA) is 84.9 Å². The monoisotopic (exact) mass is 544 g/mol. The fraction of sp³-hybridized carbons (Fsp3) is 0.206. The molecule has 0 unspecified atom stereocenters. The molecule has 1 saturated heterocycles. The number of amides is 3. The Labute approximate surface area is 237 Å². The molecule has 0 spiro atoms. The molecule has 3 amide bonds. The second kappa shape index (κ2) is 9.06. The van der Waals surface area contributed by atoms with Gasteiger partial charge in [0.2, 0.25) is 11.8 Å². The van der Waals surface area contributed by atoms with Gasteiger partial charge in [0.15, 0.2) is 0 Å². The molecular weight excluding hydrogens is 516 g/mol. The first-order chi connectivity index (χ1) is 19.9. The molecule has 7 heteroatoms. The van der Waals surface area contributed by atoms with Crippen molar-refractivity contribution in [3.63, 3.8) is 0 Å². The van der Waals surface area contributed by atoms with E-state index in [2.05, 4.69) is 29.6 Å². The summed E-state index contributed by atoms with van der Waals surface area (Å²) in [5.74, 6) is -0.595. The number of hydrogen-bond acceptors (Lipinski definition) is 5. The van der Waals surface area contributed by atoms with Crippen molar-refractivity contribution < 1.29 is 23.9 Å². The lowest BCUT2D eigenvalue weighted by molar-refractivity contribution is -0.128. The van der Waals surface area contributed by atoms with E-state index in [1.807, 2.05) is 31.2 Å². The van der Waals surface area contributed by atoms with Crippen LogP contribution in [0.25, 0.3) is 0 Å². The molecule has 1 fully saturated rings. The molecule has 2 atom stereocenters. The van der Waals surface area contributed by atoms with E-state index >= 15 is 0 Å². The zero-order chi connectivity index (χ0) is 28.5. The van der Waals surface area contributed by atoms with Crippen molar-refractivity contribution in [2.24, 2.45) is 11.3 Å². The summed E-state index contributed by atoms with van der Waals surface area (Å²) in [5, 5.41) is 2.85. The Kier molecular flexibility index (Phi) is 5.54. The maximum absolute atomic E-state index is 14.3. The number of carbonyl (C=O) groups is 3. The van der Waals surface area contributed by atoms with E-state index in [0.29, 0.717) is 28.4 Å². The van der Waals surface area contributed by atoms with Crippen LogP contribution in [0.3, 0.4) is 0 Å². The van der Waals surface area contributed by atoms with Gasteiger partial charge in [-0.05, 0) is 65.6 Å². The number of hydrogen-bond donors (Lipinski definition) is 1. The summed E-state index contributed by atoms with van der Waals surface area (Å²) in [4.78, 5) is 42.8. The van der Waals surface area contributed by atoms with Gasteiger partial charge in [-0.15, -0.1) is 0 Å². The van der Waals surface area contributed by atoms with Crippen LogP contribution in [-0.2, 0) is 9.59 Å². The van der Waals surface area contributed by atoms with Crippen LogP contribution >= 0.6 is 0 Å². The van der Waals surface area contributed by atoms with Crippen LogP contribution in [0.4, 0.5) is 11.4 Å². The number of nitrogens with one attached hydrogen (secondary N) is 1. The van der Waals surface area contributed by atoms with Gasteiger partial charge in [0.1, 0.15) is 11.5 Å². The first-order valence-corrected chi connectivity index (χ1v) is 13.6. The van der Waals surface area contributed by atoms with Crippen molar-refractivity contribution in [1.29, 1.82) is 0 Å². The fourth-order valence-corrected chi connectivity index (χ4v) is 7.23. The van der Waals surface area contributed by atoms with Crippen molar-refractivity contribution in [2.75, 3.05) is 24.4 Å². The molecule has 0 radical (unpaired) electrons. The van der Waals surface area contributed by atoms with Gasteiger partial charge in [-0.25, -0.2) is 4.90 Å². The SMILES string of the molecule is COc1ccc(OC)c(NC(=O)c2ccc(N3C(=O)[C@@H]4C5c6ccccc6C(c6ccccc65)[C@]4(C)C3=O)cc2)c1. The van der Waals surface area contributed by atoms with E-state index in [4.69, 9.17) is 9.47 Å². The number of carbonyl (C=O) groups excluding carboxylic acids is 3. The van der Waals surface area contributed by atoms with Crippen LogP contribution in [0.15, 0.2) is 91.0 Å². The summed E-state index contributed by atoms with van der Waals surface area (Å²) in [6, 6.07) is 28.1. The third-order valence-corrected chi connectivity index (χ3v) is 9.06. The highest BCUT2D eigenvalue weighted by molar-refractivity contribution is 6.25. The Hall–Kier alpha value is -4.91. The Morgan fingerprint density at radius 2 is 1.41 bits per heavy atom. The predicted octanol–water partition coefficient (Wildman–Crippen LogP) is 5.74. The smallest absolute Gasteiger partial charge is 0.255 e. The van der Waals surface area contributed by atoms with E-state index in [1.54, 1.807) is 49.6 Å². The molecule has 1 aliphatic heterocycles. The largest absolute Gasteiger partial charge is 0.497 e. The van der Waals surface area contributed by atoms with Gasteiger partial charge in [-0.3, -0.25) is 14.4 Å².